The maximum Gasteiger partial charge on any atom is 0.147 e. The number of benzene rings is 1. The van der Waals surface area contributed by atoms with Crippen molar-refractivity contribution in [3.8, 4) is 0 Å². The highest BCUT2D eigenvalue weighted by molar-refractivity contribution is 6.37. The molecule has 1 heterocycles. The van der Waals surface area contributed by atoms with Crippen LogP contribution in [0.2, 0.25) is 15.1 Å². The van der Waals surface area contributed by atoms with Gasteiger partial charge in [-0.05, 0) is 24.6 Å². The molecule has 0 radical (unpaired) electrons. The van der Waals surface area contributed by atoms with Crippen LogP contribution in [-0.4, -0.2) is 11.5 Å². The van der Waals surface area contributed by atoms with Gasteiger partial charge in [0.15, 0.2) is 0 Å². The van der Waals surface area contributed by atoms with E-state index in [1.165, 1.54) is 0 Å². The van der Waals surface area contributed by atoms with Crippen LogP contribution in [0.3, 0.4) is 0 Å². The van der Waals surface area contributed by atoms with E-state index in [9.17, 15) is 0 Å². The van der Waals surface area contributed by atoms with Gasteiger partial charge in [-0.3, -0.25) is 0 Å². The number of nitrogens with zero attached hydrogens (tertiary/aromatic N) is 1. The first-order valence-corrected chi connectivity index (χ1v) is 7.32. The van der Waals surface area contributed by atoms with Crippen molar-refractivity contribution in [2.45, 2.75) is 13.5 Å². The SMILES string of the molecule is CCNc1nc(NCc2ccccc2Cl)c(Cl)cc1Cl. The molecule has 0 unspecified atom stereocenters. The highest BCUT2D eigenvalue weighted by Crippen LogP contribution is 2.29. The Morgan fingerprint density at radius 2 is 1.60 bits per heavy atom. The van der Waals surface area contributed by atoms with Gasteiger partial charge in [0.05, 0.1) is 10.0 Å². The summed E-state index contributed by atoms with van der Waals surface area (Å²) in [6, 6.07) is 9.29. The summed E-state index contributed by atoms with van der Waals surface area (Å²) in [5.74, 6) is 1.19. The molecule has 0 atom stereocenters. The van der Waals surface area contributed by atoms with E-state index in [1.54, 1.807) is 6.07 Å². The van der Waals surface area contributed by atoms with Gasteiger partial charge in [-0.1, -0.05) is 53.0 Å². The molecular formula is C14H14Cl3N3. The first kappa shape index (κ1) is 15.2. The molecule has 106 valence electrons. The monoisotopic (exact) mass is 329 g/mol. The first-order chi connectivity index (χ1) is 9.61. The van der Waals surface area contributed by atoms with Gasteiger partial charge in [0.1, 0.15) is 11.6 Å². The Morgan fingerprint density at radius 1 is 0.950 bits per heavy atom. The lowest BCUT2D eigenvalue weighted by molar-refractivity contribution is 1.10. The van der Waals surface area contributed by atoms with E-state index in [0.29, 0.717) is 33.2 Å². The predicted molar refractivity (Wildman–Crippen MR) is 87.2 cm³/mol. The highest BCUT2D eigenvalue weighted by atomic mass is 35.5. The van der Waals surface area contributed by atoms with E-state index < -0.39 is 0 Å². The summed E-state index contributed by atoms with van der Waals surface area (Å²) in [5.41, 5.74) is 0.979. The standard InChI is InChI=1S/C14H14Cl3N3/c1-2-18-13-11(16)7-12(17)14(20-13)19-8-9-5-3-4-6-10(9)15/h3-7H,2,8H2,1H3,(H2,18,19,20). The third kappa shape index (κ3) is 3.69. The van der Waals surface area contributed by atoms with E-state index in [0.717, 1.165) is 12.1 Å². The van der Waals surface area contributed by atoms with Crippen molar-refractivity contribution in [3.63, 3.8) is 0 Å². The molecule has 0 saturated carbocycles. The van der Waals surface area contributed by atoms with Crippen molar-refractivity contribution in [2.75, 3.05) is 17.2 Å². The fourth-order valence-electron chi connectivity index (χ4n) is 1.70. The molecule has 3 nitrogen and oxygen atoms in total. The van der Waals surface area contributed by atoms with E-state index in [1.807, 2.05) is 31.2 Å². The summed E-state index contributed by atoms with van der Waals surface area (Å²) in [6.45, 7) is 3.25. The second-order valence-corrected chi connectivity index (χ2v) is 5.35. The molecule has 0 amide bonds. The van der Waals surface area contributed by atoms with Crippen LogP contribution < -0.4 is 10.6 Å². The normalized spacial score (nSPS) is 10.4. The van der Waals surface area contributed by atoms with E-state index in [2.05, 4.69) is 15.6 Å². The minimum absolute atomic E-state index is 0.476. The summed E-state index contributed by atoms with van der Waals surface area (Å²) < 4.78 is 0. The van der Waals surface area contributed by atoms with Crippen molar-refractivity contribution in [1.82, 2.24) is 4.98 Å². The van der Waals surface area contributed by atoms with Crippen molar-refractivity contribution in [2.24, 2.45) is 0 Å². The maximum absolute atomic E-state index is 6.14. The third-order valence-corrected chi connectivity index (χ3v) is 3.62. The Morgan fingerprint density at radius 3 is 2.25 bits per heavy atom. The highest BCUT2D eigenvalue weighted by Gasteiger charge is 2.09. The fourth-order valence-corrected chi connectivity index (χ4v) is 2.40. The predicted octanol–water partition coefficient (Wildman–Crippen LogP) is 5.09. The minimum atomic E-state index is 0.476. The Bertz CT molecular complexity index is 602. The molecule has 0 aliphatic carbocycles. The molecule has 0 spiro atoms. The summed E-state index contributed by atoms with van der Waals surface area (Å²) in [5, 5.41) is 7.94. The smallest absolute Gasteiger partial charge is 0.147 e. The molecule has 6 heteroatoms. The second kappa shape index (κ2) is 7.02. The van der Waals surface area contributed by atoms with Crippen LogP contribution >= 0.6 is 34.8 Å². The largest absolute Gasteiger partial charge is 0.369 e. The lowest BCUT2D eigenvalue weighted by Crippen LogP contribution is -2.06. The van der Waals surface area contributed by atoms with Crippen molar-refractivity contribution in [3.05, 3.63) is 51.0 Å². The van der Waals surface area contributed by atoms with Gasteiger partial charge in [-0.15, -0.1) is 0 Å². The lowest BCUT2D eigenvalue weighted by atomic mass is 10.2. The zero-order valence-corrected chi connectivity index (χ0v) is 13.1. The number of aromatic nitrogens is 1. The molecule has 1 aromatic heterocycles. The van der Waals surface area contributed by atoms with E-state index >= 15 is 0 Å². The minimum Gasteiger partial charge on any atom is -0.369 e. The molecule has 0 aliphatic rings. The maximum atomic E-state index is 6.14. The van der Waals surface area contributed by atoms with Crippen LogP contribution in [0.4, 0.5) is 11.6 Å². The van der Waals surface area contributed by atoms with Gasteiger partial charge in [0.25, 0.3) is 0 Å². The van der Waals surface area contributed by atoms with Crippen LogP contribution in [0.15, 0.2) is 30.3 Å². The number of rotatable bonds is 5. The molecular weight excluding hydrogens is 317 g/mol. The zero-order chi connectivity index (χ0) is 14.5. The van der Waals surface area contributed by atoms with E-state index in [-0.39, 0.29) is 0 Å². The average molecular weight is 331 g/mol. The molecule has 0 fully saturated rings. The number of pyridine rings is 1. The summed E-state index contributed by atoms with van der Waals surface area (Å²) in [7, 11) is 0. The van der Waals surface area contributed by atoms with Gasteiger partial charge >= 0.3 is 0 Å². The van der Waals surface area contributed by atoms with Gasteiger partial charge in [-0.2, -0.15) is 0 Å². The molecule has 1 aromatic carbocycles. The fraction of sp³-hybridized carbons (Fsp3) is 0.214. The molecule has 20 heavy (non-hydrogen) atoms. The quantitative estimate of drug-likeness (QED) is 0.802. The van der Waals surface area contributed by atoms with Crippen LogP contribution in [0.25, 0.3) is 0 Å². The topological polar surface area (TPSA) is 37.0 Å². The Kier molecular flexibility index (Phi) is 5.35. The Labute approximate surface area is 133 Å². The number of hydrogen-bond acceptors (Lipinski definition) is 3. The molecule has 2 N–H and O–H groups in total. The summed E-state index contributed by atoms with van der Waals surface area (Å²) in [6.07, 6.45) is 0. The Balaban J connectivity index is 2.17. The molecule has 0 bridgehead atoms. The third-order valence-electron chi connectivity index (χ3n) is 2.68. The summed E-state index contributed by atoms with van der Waals surface area (Å²) in [4.78, 5) is 4.38. The van der Waals surface area contributed by atoms with E-state index in [4.69, 9.17) is 34.8 Å². The number of halogens is 3. The molecule has 0 saturated heterocycles. The second-order valence-electron chi connectivity index (χ2n) is 4.12. The number of hydrogen-bond donors (Lipinski definition) is 2. The van der Waals surface area contributed by atoms with Crippen molar-refractivity contribution in [1.29, 1.82) is 0 Å². The number of nitrogens with one attached hydrogen (secondary N) is 2. The van der Waals surface area contributed by atoms with Gasteiger partial charge < -0.3 is 10.6 Å². The number of anilines is 2. The van der Waals surface area contributed by atoms with Crippen molar-refractivity contribution < 1.29 is 0 Å². The van der Waals surface area contributed by atoms with Crippen LogP contribution in [0, 0.1) is 0 Å². The first-order valence-electron chi connectivity index (χ1n) is 6.19. The van der Waals surface area contributed by atoms with Crippen LogP contribution in [0.1, 0.15) is 12.5 Å². The zero-order valence-electron chi connectivity index (χ0n) is 10.9. The van der Waals surface area contributed by atoms with Crippen LogP contribution in [0.5, 0.6) is 0 Å². The van der Waals surface area contributed by atoms with Crippen LogP contribution in [-0.2, 0) is 6.54 Å². The van der Waals surface area contributed by atoms with Gasteiger partial charge in [0.2, 0.25) is 0 Å². The van der Waals surface area contributed by atoms with Gasteiger partial charge in [0, 0.05) is 18.1 Å². The molecule has 2 aromatic rings. The molecule has 0 aliphatic heterocycles. The summed E-state index contributed by atoms with van der Waals surface area (Å²) >= 11 is 18.3. The van der Waals surface area contributed by atoms with Gasteiger partial charge in [-0.25, -0.2) is 4.98 Å². The van der Waals surface area contributed by atoms with Crippen molar-refractivity contribution >= 4 is 46.4 Å². The average Bonchev–Trinajstić information content (AvgIpc) is 2.42. The molecule has 2 rings (SSSR count). The lowest BCUT2D eigenvalue weighted by Gasteiger charge is -2.12. The Hall–Kier alpha value is -1.16.